The molecular weight excluding hydrogens is 520 g/mol. The van der Waals surface area contributed by atoms with Gasteiger partial charge < -0.3 is 21.5 Å². The average molecular weight is 535 g/mol. The molecule has 0 radical (unpaired) electrons. The second-order valence-electron chi connectivity index (χ2n) is 7.47. The van der Waals surface area contributed by atoms with Crippen LogP contribution in [0.1, 0.15) is 11.4 Å². The summed E-state index contributed by atoms with van der Waals surface area (Å²) in [5.41, 5.74) is 10.4. The Kier molecular flexibility index (Phi) is 6.73. The molecule has 0 saturated carbocycles. The molecule has 4 rings (SSSR count). The molecule has 15 heteroatoms. The normalized spacial score (nSPS) is 11.4. The fraction of sp³-hybridized carbons (Fsp3) is 0.136. The molecule has 0 bridgehead atoms. The summed E-state index contributed by atoms with van der Waals surface area (Å²) >= 11 is 6.19. The van der Waals surface area contributed by atoms with Gasteiger partial charge in [0.15, 0.2) is 5.82 Å². The average Bonchev–Trinajstić information content (AvgIpc) is 2.77. The number of fused-ring (bicyclic) bond motifs is 1. The summed E-state index contributed by atoms with van der Waals surface area (Å²) in [4.78, 5) is 25.5. The van der Waals surface area contributed by atoms with Gasteiger partial charge >= 0.3 is 6.36 Å². The monoisotopic (exact) mass is 534 g/mol. The van der Waals surface area contributed by atoms with Crippen molar-refractivity contribution in [1.82, 2.24) is 19.5 Å². The Labute approximate surface area is 210 Å². The largest absolute Gasteiger partial charge is 0.573 e. The molecule has 0 spiro atoms. The maximum Gasteiger partial charge on any atom is 0.573 e. The summed E-state index contributed by atoms with van der Waals surface area (Å²) in [6.45, 7) is 0.00428. The van der Waals surface area contributed by atoms with E-state index in [4.69, 9.17) is 23.1 Å². The van der Waals surface area contributed by atoms with E-state index < -0.39 is 23.5 Å². The highest BCUT2D eigenvalue weighted by Gasteiger charge is 2.31. The van der Waals surface area contributed by atoms with Crippen LogP contribution in [-0.4, -0.2) is 32.4 Å². The minimum Gasteiger partial charge on any atom is -0.406 e. The molecule has 10 nitrogen and oxygen atoms in total. The van der Waals surface area contributed by atoms with Gasteiger partial charge in [0.05, 0.1) is 21.6 Å². The van der Waals surface area contributed by atoms with Crippen LogP contribution in [0, 0.1) is 17.1 Å². The molecule has 0 fully saturated rings. The Bertz CT molecular complexity index is 1620. The van der Waals surface area contributed by atoms with Crippen LogP contribution in [0.25, 0.3) is 16.6 Å². The number of nitrogens with one attached hydrogen (secondary N) is 1. The van der Waals surface area contributed by atoms with Gasteiger partial charge in [0.2, 0.25) is 5.95 Å². The van der Waals surface area contributed by atoms with E-state index in [1.165, 1.54) is 12.1 Å². The summed E-state index contributed by atoms with van der Waals surface area (Å²) in [5.74, 6) is -2.24. The van der Waals surface area contributed by atoms with Crippen molar-refractivity contribution >= 4 is 40.1 Å². The lowest BCUT2D eigenvalue weighted by Crippen LogP contribution is -2.26. The van der Waals surface area contributed by atoms with Gasteiger partial charge in [0.1, 0.15) is 34.8 Å². The molecule has 0 unspecified atom stereocenters. The van der Waals surface area contributed by atoms with E-state index in [-0.39, 0.29) is 63.6 Å². The first kappa shape index (κ1) is 25.5. The lowest BCUT2D eigenvalue weighted by atomic mass is 10.2. The third kappa shape index (κ3) is 5.46. The summed E-state index contributed by atoms with van der Waals surface area (Å²) in [6.07, 6.45) is -5.13. The molecule has 4 aromatic rings. The van der Waals surface area contributed by atoms with E-state index >= 15 is 0 Å². The lowest BCUT2D eigenvalue weighted by molar-refractivity contribution is -0.274. The number of aromatic nitrogens is 4. The Hall–Kier alpha value is -4.64. The van der Waals surface area contributed by atoms with Gasteiger partial charge in [0.25, 0.3) is 5.56 Å². The molecule has 0 aliphatic heterocycles. The molecular formula is C22H15ClF4N8O2. The Balaban J connectivity index is 1.81. The Morgan fingerprint density at radius 3 is 2.62 bits per heavy atom. The second kappa shape index (κ2) is 9.78. The number of nitrogens with two attached hydrogens (primary N) is 2. The van der Waals surface area contributed by atoms with Gasteiger partial charge in [-0.2, -0.15) is 15.2 Å². The van der Waals surface area contributed by atoms with Gasteiger partial charge in [-0.3, -0.25) is 9.36 Å². The van der Waals surface area contributed by atoms with Crippen LogP contribution >= 0.6 is 11.6 Å². The lowest BCUT2D eigenvalue weighted by Gasteiger charge is -2.16. The number of ether oxygens (including phenoxy) is 1. The van der Waals surface area contributed by atoms with Crippen LogP contribution in [0.4, 0.5) is 35.1 Å². The van der Waals surface area contributed by atoms with Gasteiger partial charge in [-0.05, 0) is 18.2 Å². The zero-order valence-corrected chi connectivity index (χ0v) is 19.2. The SMILES string of the molecule is N#Cc1c(N)nc(N)nc1NCCc1nc2cccc(Cl)c2c(=O)n1-c1cc(F)cc(OC(F)(F)F)c1. The molecule has 2 heterocycles. The Morgan fingerprint density at radius 2 is 1.92 bits per heavy atom. The number of rotatable bonds is 6. The fourth-order valence-corrected chi connectivity index (χ4v) is 3.82. The van der Waals surface area contributed by atoms with E-state index in [9.17, 15) is 27.6 Å². The number of benzene rings is 2. The summed E-state index contributed by atoms with van der Waals surface area (Å²) in [7, 11) is 0. The minimum absolute atomic E-state index is 0.00428. The summed E-state index contributed by atoms with van der Waals surface area (Å²) in [5, 5.41) is 12.2. The van der Waals surface area contributed by atoms with Gasteiger partial charge in [-0.25, -0.2) is 9.37 Å². The number of hydrogen-bond acceptors (Lipinski definition) is 9. The Morgan fingerprint density at radius 1 is 1.16 bits per heavy atom. The third-order valence-electron chi connectivity index (χ3n) is 4.97. The standard InChI is InChI=1S/C22H15ClF4N8O2/c23-14-2-1-3-15-17(14)20(36)35(11-6-10(24)7-12(8-11)37-22(25,26)27)16(32-15)4-5-31-19-13(9-28)18(29)33-21(30)34-19/h1-3,6-8H,4-5H2,(H5,29,30,31,33,34). The topological polar surface area (TPSA) is 158 Å². The predicted octanol–water partition coefficient (Wildman–Crippen LogP) is 3.56. The molecule has 0 aliphatic carbocycles. The highest BCUT2D eigenvalue weighted by atomic mass is 35.5. The molecule has 0 aliphatic rings. The van der Waals surface area contributed by atoms with E-state index in [0.29, 0.717) is 6.07 Å². The number of alkyl halides is 3. The smallest absolute Gasteiger partial charge is 0.406 e. The number of halogens is 5. The van der Waals surface area contributed by atoms with Crippen LogP contribution in [-0.2, 0) is 6.42 Å². The van der Waals surface area contributed by atoms with E-state index in [2.05, 4.69) is 25.0 Å². The molecule has 2 aromatic heterocycles. The van der Waals surface area contributed by atoms with Crippen molar-refractivity contribution in [2.24, 2.45) is 0 Å². The molecule has 0 amide bonds. The first-order chi connectivity index (χ1) is 17.5. The first-order valence-electron chi connectivity index (χ1n) is 10.3. The predicted molar refractivity (Wildman–Crippen MR) is 127 cm³/mol. The maximum absolute atomic E-state index is 14.3. The second-order valence-corrected chi connectivity index (χ2v) is 7.88. The van der Waals surface area contributed by atoms with Crippen molar-refractivity contribution < 1.29 is 22.3 Å². The highest BCUT2D eigenvalue weighted by Crippen LogP contribution is 2.27. The van der Waals surface area contributed by atoms with E-state index in [1.54, 1.807) is 6.07 Å². The van der Waals surface area contributed by atoms with Crippen molar-refractivity contribution in [2.45, 2.75) is 12.8 Å². The summed E-state index contributed by atoms with van der Waals surface area (Å²) in [6, 6.07) is 8.59. The van der Waals surface area contributed by atoms with Crippen molar-refractivity contribution in [2.75, 3.05) is 23.3 Å². The van der Waals surface area contributed by atoms with Crippen molar-refractivity contribution in [3.05, 3.63) is 69.0 Å². The molecule has 2 aromatic carbocycles. The zero-order chi connectivity index (χ0) is 26.9. The molecule has 190 valence electrons. The van der Waals surface area contributed by atoms with Crippen molar-refractivity contribution in [3.8, 4) is 17.5 Å². The van der Waals surface area contributed by atoms with Gasteiger partial charge in [-0.15, -0.1) is 13.2 Å². The number of hydrogen-bond donors (Lipinski definition) is 3. The molecule has 5 N–H and O–H groups in total. The third-order valence-corrected chi connectivity index (χ3v) is 5.29. The van der Waals surface area contributed by atoms with Gasteiger partial charge in [-0.1, -0.05) is 17.7 Å². The van der Waals surface area contributed by atoms with Crippen LogP contribution in [0.5, 0.6) is 5.75 Å². The molecule has 37 heavy (non-hydrogen) atoms. The highest BCUT2D eigenvalue weighted by molar-refractivity contribution is 6.35. The van der Waals surface area contributed by atoms with Crippen molar-refractivity contribution in [1.29, 1.82) is 5.26 Å². The van der Waals surface area contributed by atoms with Crippen molar-refractivity contribution in [3.63, 3.8) is 0 Å². The van der Waals surface area contributed by atoms with E-state index in [0.717, 1.165) is 16.7 Å². The number of anilines is 3. The molecule has 0 atom stereocenters. The van der Waals surface area contributed by atoms with Crippen LogP contribution < -0.4 is 27.1 Å². The minimum atomic E-state index is -5.09. The summed E-state index contributed by atoms with van der Waals surface area (Å²) < 4.78 is 57.4. The maximum atomic E-state index is 14.3. The fourth-order valence-electron chi connectivity index (χ4n) is 3.57. The number of nitrogen functional groups attached to an aromatic ring is 2. The number of nitrogens with zero attached hydrogens (tertiary/aromatic N) is 5. The number of nitriles is 1. The van der Waals surface area contributed by atoms with Crippen LogP contribution in [0.15, 0.2) is 41.2 Å². The quantitative estimate of drug-likeness (QED) is 0.314. The van der Waals surface area contributed by atoms with Crippen LogP contribution in [0.3, 0.4) is 0 Å². The van der Waals surface area contributed by atoms with Crippen LogP contribution in [0.2, 0.25) is 5.02 Å². The zero-order valence-electron chi connectivity index (χ0n) is 18.5. The first-order valence-corrected chi connectivity index (χ1v) is 10.7. The van der Waals surface area contributed by atoms with Gasteiger partial charge in [0, 0.05) is 25.1 Å². The van der Waals surface area contributed by atoms with E-state index in [1.807, 2.05) is 6.07 Å². The molecule has 0 saturated heterocycles.